The molecule has 0 bridgehead atoms. The van der Waals surface area contributed by atoms with E-state index in [0.29, 0.717) is 25.3 Å². The molecule has 1 aromatic carbocycles. The van der Waals surface area contributed by atoms with Crippen LogP contribution in [0.2, 0.25) is 0 Å². The largest absolute Gasteiger partial charge is 0.375 e. The van der Waals surface area contributed by atoms with E-state index < -0.39 is 0 Å². The molecule has 1 fully saturated rings. The van der Waals surface area contributed by atoms with Crippen LogP contribution in [0.1, 0.15) is 18.1 Å². The number of carbonyl (C=O) groups is 1. The van der Waals surface area contributed by atoms with Crippen molar-refractivity contribution in [3.05, 3.63) is 35.1 Å². The van der Waals surface area contributed by atoms with Crippen LogP contribution < -0.4 is 10.6 Å². The fourth-order valence-corrected chi connectivity index (χ4v) is 2.07. The molecule has 0 aromatic heterocycles. The molecule has 1 aliphatic heterocycles. The third-order valence-corrected chi connectivity index (χ3v) is 3.30. The fourth-order valence-electron chi connectivity index (χ4n) is 2.07. The van der Waals surface area contributed by atoms with Crippen molar-refractivity contribution in [2.45, 2.75) is 32.5 Å². The number of hydrogen-bond donors (Lipinski definition) is 2. The molecule has 20 heavy (non-hydrogen) atoms. The summed E-state index contributed by atoms with van der Waals surface area (Å²) >= 11 is 0. The summed E-state index contributed by atoms with van der Waals surface area (Å²) in [7, 11) is 0. The molecule has 1 saturated heterocycles. The molecule has 6 heteroatoms. The Morgan fingerprint density at radius 3 is 2.95 bits per heavy atom. The number of morpholine rings is 1. The molecule has 0 unspecified atom stereocenters. The molecule has 0 radical (unpaired) electrons. The average molecular weight is 303 g/mol. The third kappa shape index (κ3) is 4.16. The molecule has 1 aliphatic rings. The van der Waals surface area contributed by atoms with Gasteiger partial charge in [-0.15, -0.1) is 12.4 Å². The topological polar surface area (TPSA) is 50.4 Å². The molecule has 112 valence electrons. The molecular formula is C14H20ClFN2O2. The molecule has 2 N–H and O–H groups in total. The predicted octanol–water partition coefficient (Wildman–Crippen LogP) is 1.55. The van der Waals surface area contributed by atoms with Crippen molar-refractivity contribution in [3.63, 3.8) is 0 Å². The quantitative estimate of drug-likeness (QED) is 0.891. The van der Waals surface area contributed by atoms with Gasteiger partial charge in [0.05, 0.1) is 12.7 Å². The van der Waals surface area contributed by atoms with Gasteiger partial charge >= 0.3 is 0 Å². The van der Waals surface area contributed by atoms with Gasteiger partial charge in [-0.2, -0.15) is 0 Å². The number of rotatable bonds is 3. The average Bonchev–Trinajstić information content (AvgIpc) is 2.40. The number of nitrogens with one attached hydrogen (secondary N) is 2. The van der Waals surface area contributed by atoms with Gasteiger partial charge in [0.25, 0.3) is 0 Å². The Morgan fingerprint density at radius 2 is 2.30 bits per heavy atom. The minimum atomic E-state index is -0.343. The zero-order valence-electron chi connectivity index (χ0n) is 11.6. The van der Waals surface area contributed by atoms with Crippen LogP contribution in [-0.4, -0.2) is 31.2 Å². The lowest BCUT2D eigenvalue weighted by molar-refractivity contribution is -0.129. The van der Waals surface area contributed by atoms with Crippen molar-refractivity contribution in [2.24, 2.45) is 0 Å². The van der Waals surface area contributed by atoms with E-state index in [1.54, 1.807) is 13.0 Å². The highest BCUT2D eigenvalue weighted by Crippen LogP contribution is 2.09. The number of carbonyl (C=O) groups excluding carboxylic acids is 1. The molecule has 2 atom stereocenters. The second kappa shape index (κ2) is 7.57. The second-order valence-electron chi connectivity index (χ2n) is 4.81. The normalized spacial score (nSPS) is 21.9. The van der Waals surface area contributed by atoms with Gasteiger partial charge in [-0.1, -0.05) is 12.1 Å². The molecule has 1 heterocycles. The summed E-state index contributed by atoms with van der Waals surface area (Å²) in [5.74, 6) is -0.368. The van der Waals surface area contributed by atoms with Gasteiger partial charge in [-0.3, -0.25) is 4.79 Å². The first-order valence-electron chi connectivity index (χ1n) is 6.45. The fraction of sp³-hybridized carbons (Fsp3) is 0.500. The zero-order valence-corrected chi connectivity index (χ0v) is 12.4. The van der Waals surface area contributed by atoms with Crippen LogP contribution in [-0.2, 0) is 16.1 Å². The van der Waals surface area contributed by atoms with E-state index in [2.05, 4.69) is 10.6 Å². The first-order valence-corrected chi connectivity index (χ1v) is 6.45. The van der Waals surface area contributed by atoms with Crippen molar-refractivity contribution in [2.75, 3.05) is 13.2 Å². The van der Waals surface area contributed by atoms with Crippen LogP contribution in [0, 0.1) is 12.7 Å². The van der Waals surface area contributed by atoms with Crippen molar-refractivity contribution in [1.82, 2.24) is 10.6 Å². The Labute approximate surface area is 124 Å². The molecule has 0 saturated carbocycles. The summed E-state index contributed by atoms with van der Waals surface area (Å²) in [5, 5.41) is 5.91. The summed E-state index contributed by atoms with van der Waals surface area (Å²) in [6.07, 6.45) is -0.150. The van der Waals surface area contributed by atoms with Crippen LogP contribution in [0.5, 0.6) is 0 Å². The van der Waals surface area contributed by atoms with E-state index in [0.717, 1.165) is 5.56 Å². The highest BCUT2D eigenvalue weighted by Gasteiger charge is 2.27. The first-order chi connectivity index (χ1) is 9.08. The second-order valence-corrected chi connectivity index (χ2v) is 4.81. The minimum absolute atomic E-state index is 0. The predicted molar refractivity (Wildman–Crippen MR) is 77.4 cm³/mol. The number of hydrogen-bond acceptors (Lipinski definition) is 3. The minimum Gasteiger partial charge on any atom is -0.375 e. The van der Waals surface area contributed by atoms with Crippen LogP contribution in [0.4, 0.5) is 4.39 Å². The van der Waals surface area contributed by atoms with Crippen molar-refractivity contribution in [3.8, 4) is 0 Å². The van der Waals surface area contributed by atoms with Gasteiger partial charge in [-0.25, -0.2) is 4.39 Å². The van der Waals surface area contributed by atoms with Crippen molar-refractivity contribution >= 4 is 18.3 Å². The van der Waals surface area contributed by atoms with E-state index in [-0.39, 0.29) is 36.3 Å². The van der Waals surface area contributed by atoms with E-state index in [1.807, 2.05) is 13.0 Å². The van der Waals surface area contributed by atoms with E-state index in [1.165, 1.54) is 6.07 Å². The maximum Gasteiger partial charge on any atom is 0.240 e. The van der Waals surface area contributed by atoms with E-state index in [4.69, 9.17) is 4.74 Å². The van der Waals surface area contributed by atoms with Gasteiger partial charge in [0.15, 0.2) is 0 Å². The van der Waals surface area contributed by atoms with E-state index >= 15 is 0 Å². The maximum absolute atomic E-state index is 13.4. The Bertz CT molecular complexity index is 470. The van der Waals surface area contributed by atoms with Crippen LogP contribution in [0.15, 0.2) is 18.2 Å². The number of benzene rings is 1. The summed E-state index contributed by atoms with van der Waals surface area (Å²) in [5.41, 5.74) is 1.35. The molecule has 2 rings (SSSR count). The van der Waals surface area contributed by atoms with Crippen molar-refractivity contribution in [1.29, 1.82) is 0 Å². The summed E-state index contributed by atoms with van der Waals surface area (Å²) < 4.78 is 18.8. The number of aryl methyl sites for hydroxylation is 1. The van der Waals surface area contributed by atoms with E-state index in [9.17, 15) is 9.18 Å². The Hall–Kier alpha value is -1.17. The van der Waals surface area contributed by atoms with Gasteiger partial charge in [0, 0.05) is 13.1 Å². The van der Waals surface area contributed by atoms with Gasteiger partial charge in [0.2, 0.25) is 5.91 Å². The Balaban J connectivity index is 0.00000200. The molecular weight excluding hydrogens is 283 g/mol. The third-order valence-electron chi connectivity index (χ3n) is 3.30. The molecule has 4 nitrogen and oxygen atoms in total. The first kappa shape index (κ1) is 16.9. The smallest absolute Gasteiger partial charge is 0.240 e. The molecule has 1 aromatic rings. The lowest BCUT2D eigenvalue weighted by Crippen LogP contribution is -2.55. The van der Waals surface area contributed by atoms with Gasteiger partial charge < -0.3 is 15.4 Å². The Kier molecular flexibility index (Phi) is 6.39. The SMILES string of the molecule is Cc1ccc(CNC(=O)[C@H]2NCCO[C@@H]2C)cc1F.Cl. The lowest BCUT2D eigenvalue weighted by atomic mass is 10.1. The summed E-state index contributed by atoms with van der Waals surface area (Å²) in [4.78, 5) is 12.0. The monoisotopic (exact) mass is 302 g/mol. The summed E-state index contributed by atoms with van der Waals surface area (Å²) in [6, 6.07) is 4.63. The standard InChI is InChI=1S/C14H19FN2O2.ClH/c1-9-3-4-11(7-12(9)15)8-17-14(18)13-10(2)19-6-5-16-13;/h3-4,7,10,13,16H,5-6,8H2,1-2H3,(H,17,18);1H/t10-,13+;/m1./s1. The highest BCUT2D eigenvalue weighted by atomic mass is 35.5. The summed E-state index contributed by atoms with van der Waals surface area (Å²) in [6.45, 7) is 5.18. The number of halogens is 2. The zero-order chi connectivity index (χ0) is 13.8. The number of amides is 1. The number of ether oxygens (including phenoxy) is 1. The van der Waals surface area contributed by atoms with Crippen molar-refractivity contribution < 1.29 is 13.9 Å². The molecule has 0 spiro atoms. The Morgan fingerprint density at radius 1 is 1.55 bits per heavy atom. The molecule has 1 amide bonds. The van der Waals surface area contributed by atoms with Gasteiger partial charge in [-0.05, 0) is 31.0 Å². The maximum atomic E-state index is 13.4. The molecule has 0 aliphatic carbocycles. The van der Waals surface area contributed by atoms with Crippen LogP contribution in [0.3, 0.4) is 0 Å². The van der Waals surface area contributed by atoms with Crippen LogP contribution >= 0.6 is 12.4 Å². The van der Waals surface area contributed by atoms with Crippen LogP contribution in [0.25, 0.3) is 0 Å². The lowest BCUT2D eigenvalue weighted by Gasteiger charge is -2.29. The highest BCUT2D eigenvalue weighted by molar-refractivity contribution is 5.85. The van der Waals surface area contributed by atoms with Gasteiger partial charge in [0.1, 0.15) is 11.9 Å².